The van der Waals surface area contributed by atoms with E-state index < -0.39 is 33.6 Å². The van der Waals surface area contributed by atoms with Gasteiger partial charge in [-0.3, -0.25) is 0 Å². The molecule has 16 heavy (non-hydrogen) atoms. The predicted octanol–water partition coefficient (Wildman–Crippen LogP) is 0.231. The summed E-state index contributed by atoms with van der Waals surface area (Å²) in [5, 5.41) is 7.89. The quantitative estimate of drug-likeness (QED) is 0.798. The second-order valence-electron chi connectivity index (χ2n) is 3.63. The van der Waals surface area contributed by atoms with Crippen molar-refractivity contribution in [2.24, 2.45) is 5.73 Å². The Bertz CT molecular complexity index is 461. The molecular weight excluding hydrogens is 233 g/mol. The Hall–Kier alpha value is -0.980. The highest BCUT2D eigenvalue weighted by molar-refractivity contribution is 7.91. The Balaban J connectivity index is 3.05. The van der Waals surface area contributed by atoms with Gasteiger partial charge in [0.1, 0.15) is 11.1 Å². The number of aliphatic hydroxyl groups excluding tert-OH is 1. The normalized spacial score (nSPS) is 15.8. The Labute approximate surface area is 93.8 Å². The van der Waals surface area contributed by atoms with Gasteiger partial charge in [0.25, 0.3) is 0 Å². The Morgan fingerprint density at radius 2 is 2.12 bits per heavy atom. The van der Waals surface area contributed by atoms with Crippen LogP contribution in [-0.4, -0.2) is 31.6 Å². The molecule has 2 unspecified atom stereocenters. The van der Waals surface area contributed by atoms with Crippen LogP contribution in [0.2, 0.25) is 0 Å². The highest BCUT2D eigenvalue weighted by Crippen LogP contribution is 2.19. The summed E-state index contributed by atoms with van der Waals surface area (Å²) in [6.45, 7) is -0.587. The van der Waals surface area contributed by atoms with Crippen molar-refractivity contribution < 1.29 is 17.9 Å². The molecule has 3 N–H and O–H groups in total. The number of aliphatic hydroxyl groups is 1. The smallest absolute Gasteiger partial charge is 0.154 e. The molecule has 0 aromatic heterocycles. The summed E-state index contributed by atoms with van der Waals surface area (Å²) >= 11 is 0. The Kier molecular flexibility index (Phi) is 4.01. The van der Waals surface area contributed by atoms with Crippen molar-refractivity contribution in [3.63, 3.8) is 0 Å². The van der Waals surface area contributed by atoms with E-state index in [4.69, 9.17) is 10.8 Å². The standard InChI is InChI=1S/C10H14FNO3S/c1-16(14,15)9(6-13)10(12)7-3-2-4-8(11)5-7/h2-5,9-10,13H,6,12H2,1H3. The first-order valence-electron chi connectivity index (χ1n) is 4.67. The van der Waals surface area contributed by atoms with Crippen molar-refractivity contribution in [3.8, 4) is 0 Å². The predicted molar refractivity (Wildman–Crippen MR) is 59.0 cm³/mol. The maximum atomic E-state index is 12.9. The van der Waals surface area contributed by atoms with Crippen molar-refractivity contribution in [2.75, 3.05) is 12.9 Å². The molecule has 0 spiro atoms. The molecule has 0 heterocycles. The van der Waals surface area contributed by atoms with Crippen LogP contribution in [0.3, 0.4) is 0 Å². The fourth-order valence-electron chi connectivity index (χ4n) is 1.44. The Morgan fingerprint density at radius 3 is 2.56 bits per heavy atom. The lowest BCUT2D eigenvalue weighted by Crippen LogP contribution is -2.36. The van der Waals surface area contributed by atoms with Gasteiger partial charge in [-0.25, -0.2) is 12.8 Å². The van der Waals surface area contributed by atoms with Crippen molar-refractivity contribution in [1.29, 1.82) is 0 Å². The average Bonchev–Trinajstić information content (AvgIpc) is 2.16. The van der Waals surface area contributed by atoms with Crippen molar-refractivity contribution >= 4 is 9.84 Å². The number of sulfone groups is 1. The fourth-order valence-corrected chi connectivity index (χ4v) is 2.40. The molecule has 0 fully saturated rings. The number of nitrogens with two attached hydrogens (primary N) is 1. The van der Waals surface area contributed by atoms with Crippen LogP contribution in [0.15, 0.2) is 24.3 Å². The van der Waals surface area contributed by atoms with Gasteiger partial charge in [0.05, 0.1) is 6.61 Å². The maximum Gasteiger partial charge on any atom is 0.154 e. The van der Waals surface area contributed by atoms with Crippen molar-refractivity contribution in [3.05, 3.63) is 35.6 Å². The number of halogens is 1. The van der Waals surface area contributed by atoms with E-state index in [-0.39, 0.29) is 0 Å². The molecular formula is C10H14FNO3S. The number of benzene rings is 1. The van der Waals surface area contributed by atoms with E-state index in [2.05, 4.69) is 0 Å². The van der Waals surface area contributed by atoms with Crippen LogP contribution in [0.4, 0.5) is 4.39 Å². The summed E-state index contributed by atoms with van der Waals surface area (Å²) in [6, 6.07) is 4.45. The molecule has 0 aliphatic rings. The van der Waals surface area contributed by atoms with Crippen molar-refractivity contribution in [1.82, 2.24) is 0 Å². The van der Waals surface area contributed by atoms with Crippen LogP contribution in [0.25, 0.3) is 0 Å². The fraction of sp³-hybridized carbons (Fsp3) is 0.400. The van der Waals surface area contributed by atoms with E-state index in [0.29, 0.717) is 5.56 Å². The zero-order valence-corrected chi connectivity index (χ0v) is 9.61. The van der Waals surface area contributed by atoms with E-state index >= 15 is 0 Å². The Morgan fingerprint density at radius 1 is 1.50 bits per heavy atom. The van der Waals surface area contributed by atoms with E-state index in [0.717, 1.165) is 6.26 Å². The lowest BCUT2D eigenvalue weighted by Gasteiger charge is -2.20. The maximum absolute atomic E-state index is 12.9. The molecule has 90 valence electrons. The molecule has 0 bridgehead atoms. The van der Waals surface area contributed by atoms with Crippen LogP contribution < -0.4 is 5.73 Å². The van der Waals surface area contributed by atoms with Gasteiger partial charge in [-0.2, -0.15) is 0 Å². The molecule has 0 saturated carbocycles. The van der Waals surface area contributed by atoms with Crippen LogP contribution in [0, 0.1) is 5.82 Å². The summed E-state index contributed by atoms with van der Waals surface area (Å²) in [7, 11) is -3.47. The molecule has 1 rings (SSSR count). The average molecular weight is 247 g/mol. The molecule has 0 aliphatic heterocycles. The summed E-state index contributed by atoms with van der Waals surface area (Å²) in [5.74, 6) is -0.488. The third kappa shape index (κ3) is 3.01. The summed E-state index contributed by atoms with van der Waals surface area (Å²) < 4.78 is 35.6. The topological polar surface area (TPSA) is 80.4 Å². The van der Waals surface area contributed by atoms with Crippen LogP contribution in [0.5, 0.6) is 0 Å². The van der Waals surface area contributed by atoms with Gasteiger partial charge in [0.2, 0.25) is 0 Å². The first kappa shape index (κ1) is 13.1. The van der Waals surface area contributed by atoms with Gasteiger partial charge in [0.15, 0.2) is 9.84 Å². The van der Waals surface area contributed by atoms with Gasteiger partial charge in [-0.15, -0.1) is 0 Å². The molecule has 6 heteroatoms. The van der Waals surface area contributed by atoms with Crippen molar-refractivity contribution in [2.45, 2.75) is 11.3 Å². The van der Waals surface area contributed by atoms with E-state index in [9.17, 15) is 12.8 Å². The minimum atomic E-state index is -3.47. The van der Waals surface area contributed by atoms with E-state index in [1.54, 1.807) is 0 Å². The first-order chi connectivity index (χ1) is 7.36. The number of hydrogen-bond acceptors (Lipinski definition) is 4. The first-order valence-corrected chi connectivity index (χ1v) is 6.62. The number of hydrogen-bond donors (Lipinski definition) is 2. The molecule has 4 nitrogen and oxygen atoms in total. The molecule has 0 aliphatic carbocycles. The SMILES string of the molecule is CS(=O)(=O)C(CO)C(N)c1cccc(F)c1. The molecule has 1 aromatic carbocycles. The van der Waals surface area contributed by atoms with Gasteiger partial charge >= 0.3 is 0 Å². The summed E-state index contributed by atoms with van der Waals surface area (Å²) in [4.78, 5) is 0. The minimum absolute atomic E-state index is 0.351. The monoisotopic (exact) mass is 247 g/mol. The van der Waals surface area contributed by atoms with Gasteiger partial charge < -0.3 is 10.8 Å². The summed E-state index contributed by atoms with van der Waals surface area (Å²) in [5.41, 5.74) is 6.05. The molecule has 0 radical (unpaired) electrons. The minimum Gasteiger partial charge on any atom is -0.395 e. The van der Waals surface area contributed by atoms with E-state index in [1.165, 1.54) is 24.3 Å². The lowest BCUT2D eigenvalue weighted by molar-refractivity contribution is 0.278. The zero-order chi connectivity index (χ0) is 12.3. The van der Waals surface area contributed by atoms with Crippen LogP contribution in [-0.2, 0) is 9.84 Å². The molecule has 1 aromatic rings. The third-order valence-electron chi connectivity index (χ3n) is 2.36. The van der Waals surface area contributed by atoms with E-state index in [1.807, 2.05) is 0 Å². The zero-order valence-electron chi connectivity index (χ0n) is 8.80. The highest BCUT2D eigenvalue weighted by Gasteiger charge is 2.28. The third-order valence-corrected chi connectivity index (χ3v) is 3.91. The molecule has 2 atom stereocenters. The lowest BCUT2D eigenvalue weighted by atomic mass is 10.0. The largest absolute Gasteiger partial charge is 0.395 e. The summed E-state index contributed by atoms with van der Waals surface area (Å²) in [6.07, 6.45) is 0.993. The second kappa shape index (κ2) is 4.90. The van der Waals surface area contributed by atoms with Gasteiger partial charge in [-0.1, -0.05) is 12.1 Å². The van der Waals surface area contributed by atoms with Crippen LogP contribution >= 0.6 is 0 Å². The molecule has 0 amide bonds. The number of rotatable bonds is 4. The van der Waals surface area contributed by atoms with Gasteiger partial charge in [-0.05, 0) is 17.7 Å². The van der Waals surface area contributed by atoms with Crippen LogP contribution in [0.1, 0.15) is 11.6 Å². The highest BCUT2D eigenvalue weighted by atomic mass is 32.2. The van der Waals surface area contributed by atoms with Gasteiger partial charge in [0, 0.05) is 12.3 Å². The second-order valence-corrected chi connectivity index (χ2v) is 5.90. The molecule has 0 saturated heterocycles.